The van der Waals surface area contributed by atoms with Gasteiger partial charge in [-0.15, -0.1) is 21.5 Å². The first-order valence-corrected chi connectivity index (χ1v) is 12.5. The Morgan fingerprint density at radius 1 is 0.968 bits per heavy atom. The molecular formula is C23H25N5OS2. The third-order valence-corrected chi connectivity index (χ3v) is 7.28. The number of aromatic nitrogens is 4. The molecule has 3 aromatic heterocycles. The van der Waals surface area contributed by atoms with Gasteiger partial charge in [-0.25, -0.2) is 4.98 Å². The van der Waals surface area contributed by atoms with Crippen molar-refractivity contribution in [3.8, 4) is 10.8 Å². The van der Waals surface area contributed by atoms with Gasteiger partial charge in [-0.3, -0.25) is 4.90 Å². The number of hydrogen-bond acceptors (Lipinski definition) is 7. The van der Waals surface area contributed by atoms with Crippen LogP contribution in [0.4, 0.5) is 0 Å². The minimum absolute atomic E-state index is 0.683. The second kappa shape index (κ2) is 9.80. The fraction of sp³-hybridized carbons (Fsp3) is 0.348. The van der Waals surface area contributed by atoms with Crippen LogP contribution in [0, 0.1) is 0 Å². The van der Waals surface area contributed by atoms with Crippen LogP contribution in [-0.4, -0.2) is 37.7 Å². The highest BCUT2D eigenvalue weighted by atomic mass is 32.2. The van der Waals surface area contributed by atoms with Gasteiger partial charge < -0.3 is 8.98 Å². The molecule has 6 nitrogen and oxygen atoms in total. The molecule has 1 aliphatic rings. The lowest BCUT2D eigenvalue weighted by Crippen LogP contribution is -2.30. The molecule has 0 amide bonds. The summed E-state index contributed by atoms with van der Waals surface area (Å²) in [6.07, 6.45) is 5.62. The van der Waals surface area contributed by atoms with Crippen LogP contribution in [0.15, 0.2) is 63.7 Å². The largest absolute Gasteiger partial charge is 0.444 e. The van der Waals surface area contributed by atoms with Crippen molar-refractivity contribution in [2.75, 3.05) is 13.1 Å². The van der Waals surface area contributed by atoms with Crippen molar-refractivity contribution in [3.63, 3.8) is 0 Å². The predicted octanol–water partition coefficient (Wildman–Crippen LogP) is 5.32. The number of hydrogen-bond donors (Lipinski definition) is 0. The lowest BCUT2D eigenvalue weighted by Gasteiger charge is -2.26. The van der Waals surface area contributed by atoms with E-state index in [1.165, 1.54) is 24.8 Å². The van der Waals surface area contributed by atoms with Gasteiger partial charge >= 0.3 is 0 Å². The maximum atomic E-state index is 5.67. The Kier molecular flexibility index (Phi) is 6.48. The van der Waals surface area contributed by atoms with Crippen molar-refractivity contribution in [2.24, 2.45) is 0 Å². The number of thioether (sulfide) groups is 1. The number of benzene rings is 1. The fourth-order valence-corrected chi connectivity index (χ4v) is 5.30. The van der Waals surface area contributed by atoms with E-state index in [0.29, 0.717) is 11.6 Å². The molecule has 4 aromatic rings. The highest BCUT2D eigenvalue weighted by Gasteiger charge is 2.18. The Labute approximate surface area is 190 Å². The number of rotatable bonds is 8. The zero-order chi connectivity index (χ0) is 20.9. The fourth-order valence-electron chi connectivity index (χ4n) is 3.81. The molecule has 0 bridgehead atoms. The molecule has 0 radical (unpaired) electrons. The van der Waals surface area contributed by atoms with E-state index in [2.05, 4.69) is 55.0 Å². The maximum Gasteiger partial charge on any atom is 0.236 e. The van der Waals surface area contributed by atoms with Gasteiger partial charge in [0.15, 0.2) is 5.16 Å². The zero-order valence-electron chi connectivity index (χ0n) is 17.3. The summed E-state index contributed by atoms with van der Waals surface area (Å²) in [6.45, 7) is 3.92. The van der Waals surface area contributed by atoms with Crippen molar-refractivity contribution >= 4 is 23.1 Å². The summed E-state index contributed by atoms with van der Waals surface area (Å²) in [5.74, 6) is 2.42. The van der Waals surface area contributed by atoms with Crippen LogP contribution in [-0.2, 0) is 18.8 Å². The lowest BCUT2D eigenvalue weighted by atomic mass is 10.1. The molecule has 5 rings (SSSR count). The lowest BCUT2D eigenvalue weighted by molar-refractivity contribution is 0.213. The van der Waals surface area contributed by atoms with E-state index in [-0.39, 0.29) is 0 Å². The number of thiophene rings is 1. The maximum absolute atomic E-state index is 5.67. The summed E-state index contributed by atoms with van der Waals surface area (Å²) in [7, 11) is 0. The van der Waals surface area contributed by atoms with Gasteiger partial charge in [-0.2, -0.15) is 0 Å². The minimum atomic E-state index is 0.683. The Morgan fingerprint density at radius 3 is 2.65 bits per heavy atom. The second-order valence-electron chi connectivity index (χ2n) is 7.72. The van der Waals surface area contributed by atoms with Gasteiger partial charge in [-0.05, 0) is 42.9 Å². The van der Waals surface area contributed by atoms with E-state index >= 15 is 0 Å². The van der Waals surface area contributed by atoms with Crippen LogP contribution in [0.5, 0.6) is 0 Å². The standard InChI is InChI=1S/C23H25N5OS2/c1-3-8-18(9-4-1)14-28-21(15-27-11-5-2-6-12-27)25-26-23(28)31-17-19-16-29-22(24-19)20-10-7-13-30-20/h1,3-4,7-10,13,16H,2,5-6,11-12,14-15,17H2. The first-order valence-electron chi connectivity index (χ1n) is 10.6. The van der Waals surface area contributed by atoms with Gasteiger partial charge in [0.2, 0.25) is 5.89 Å². The molecule has 0 N–H and O–H groups in total. The van der Waals surface area contributed by atoms with Crippen molar-refractivity contribution < 1.29 is 4.42 Å². The van der Waals surface area contributed by atoms with Gasteiger partial charge in [0.1, 0.15) is 12.1 Å². The smallest absolute Gasteiger partial charge is 0.236 e. The quantitative estimate of drug-likeness (QED) is 0.338. The molecular weight excluding hydrogens is 426 g/mol. The summed E-state index contributed by atoms with van der Waals surface area (Å²) in [5.41, 5.74) is 2.17. The highest BCUT2D eigenvalue weighted by Crippen LogP contribution is 2.27. The molecule has 1 aromatic carbocycles. The minimum Gasteiger partial charge on any atom is -0.444 e. The molecule has 1 aliphatic heterocycles. The number of piperidine rings is 1. The number of oxazole rings is 1. The molecule has 160 valence electrons. The van der Waals surface area contributed by atoms with E-state index < -0.39 is 0 Å². The molecule has 0 atom stereocenters. The van der Waals surface area contributed by atoms with Crippen molar-refractivity contribution in [3.05, 3.63) is 71.2 Å². The van der Waals surface area contributed by atoms with Crippen LogP contribution < -0.4 is 0 Å². The van der Waals surface area contributed by atoms with Gasteiger partial charge in [0.25, 0.3) is 0 Å². The summed E-state index contributed by atoms with van der Waals surface area (Å²) < 4.78 is 7.92. The summed E-state index contributed by atoms with van der Waals surface area (Å²) in [4.78, 5) is 8.18. The topological polar surface area (TPSA) is 60.0 Å². The third-order valence-electron chi connectivity index (χ3n) is 5.42. The summed E-state index contributed by atoms with van der Waals surface area (Å²) in [6, 6.07) is 14.6. The number of nitrogens with zero attached hydrogens (tertiary/aromatic N) is 5. The van der Waals surface area contributed by atoms with Crippen molar-refractivity contribution in [1.29, 1.82) is 0 Å². The molecule has 0 spiro atoms. The van der Waals surface area contributed by atoms with Crippen LogP contribution in [0.1, 0.15) is 36.3 Å². The predicted molar refractivity (Wildman–Crippen MR) is 124 cm³/mol. The molecule has 8 heteroatoms. The molecule has 0 aliphatic carbocycles. The van der Waals surface area contributed by atoms with E-state index in [9.17, 15) is 0 Å². The Morgan fingerprint density at radius 2 is 1.84 bits per heavy atom. The molecule has 4 heterocycles. The van der Waals surface area contributed by atoms with Crippen molar-refractivity contribution in [2.45, 2.75) is 43.3 Å². The molecule has 31 heavy (non-hydrogen) atoms. The Hall–Kier alpha value is -2.42. The van der Waals surface area contributed by atoms with E-state index in [1.54, 1.807) is 29.4 Å². The van der Waals surface area contributed by atoms with Crippen molar-refractivity contribution in [1.82, 2.24) is 24.6 Å². The van der Waals surface area contributed by atoms with Gasteiger partial charge in [-0.1, -0.05) is 54.6 Å². The van der Waals surface area contributed by atoms with Gasteiger partial charge in [0.05, 0.1) is 23.7 Å². The monoisotopic (exact) mass is 451 g/mol. The molecule has 0 saturated carbocycles. The average molecular weight is 452 g/mol. The first kappa shape index (κ1) is 20.5. The Balaban J connectivity index is 1.33. The highest BCUT2D eigenvalue weighted by molar-refractivity contribution is 7.98. The SMILES string of the molecule is c1ccc(Cn2c(CN3CCCCC3)nnc2SCc2coc(-c3cccs3)n2)cc1. The van der Waals surface area contributed by atoms with Crippen LogP contribution in [0.3, 0.4) is 0 Å². The second-order valence-corrected chi connectivity index (χ2v) is 9.61. The third kappa shape index (κ3) is 5.08. The number of likely N-dealkylation sites (tertiary alicyclic amines) is 1. The zero-order valence-corrected chi connectivity index (χ0v) is 18.9. The average Bonchev–Trinajstić information content (AvgIpc) is 3.56. The molecule has 1 fully saturated rings. The summed E-state index contributed by atoms with van der Waals surface area (Å²) >= 11 is 3.30. The Bertz CT molecular complexity index is 1080. The van der Waals surface area contributed by atoms with Gasteiger partial charge in [0, 0.05) is 5.75 Å². The van der Waals surface area contributed by atoms with E-state index in [0.717, 1.165) is 47.7 Å². The van der Waals surface area contributed by atoms with Crippen LogP contribution >= 0.6 is 23.1 Å². The molecule has 1 saturated heterocycles. The first-order chi connectivity index (χ1) is 15.3. The van der Waals surface area contributed by atoms with E-state index in [1.807, 2.05) is 17.5 Å². The summed E-state index contributed by atoms with van der Waals surface area (Å²) in [5, 5.41) is 12.1. The normalized spacial score (nSPS) is 14.8. The van der Waals surface area contributed by atoms with E-state index in [4.69, 9.17) is 4.42 Å². The van der Waals surface area contributed by atoms with Crippen LogP contribution in [0.25, 0.3) is 10.8 Å². The van der Waals surface area contributed by atoms with Crippen LogP contribution in [0.2, 0.25) is 0 Å². The molecule has 0 unspecified atom stereocenters.